The molecule has 0 radical (unpaired) electrons. The fourth-order valence-corrected chi connectivity index (χ4v) is 6.00. The summed E-state index contributed by atoms with van der Waals surface area (Å²) in [5.41, 5.74) is -0.966. The van der Waals surface area contributed by atoms with E-state index in [0.717, 1.165) is 63.0 Å². The number of fused-ring (bicyclic) bond motifs is 1. The third-order valence-electron chi connectivity index (χ3n) is 6.84. The van der Waals surface area contributed by atoms with Gasteiger partial charge in [-0.1, -0.05) is 11.6 Å². The Labute approximate surface area is 233 Å². The number of phenolic OH excluding ortho intramolecular Hbond substituents is 1. The van der Waals surface area contributed by atoms with Crippen molar-refractivity contribution in [1.82, 2.24) is 14.8 Å². The fraction of sp³-hybridized carbons (Fsp3) is 0.444. The van der Waals surface area contributed by atoms with Crippen LogP contribution in [0.2, 0.25) is 5.02 Å². The van der Waals surface area contributed by atoms with E-state index in [9.17, 15) is 28.2 Å². The van der Waals surface area contributed by atoms with Crippen molar-refractivity contribution < 1.29 is 28.5 Å². The number of pyridine rings is 1. The molecular weight excluding hydrogens is 555 g/mol. The maximum Gasteiger partial charge on any atom is 0.416 e. The average molecular weight is 586 g/mol. The van der Waals surface area contributed by atoms with Crippen LogP contribution in [0.5, 0.6) is 5.75 Å². The molecule has 2 aromatic carbocycles. The second-order valence-electron chi connectivity index (χ2n) is 9.59. The predicted octanol–water partition coefficient (Wildman–Crippen LogP) is 4.42. The van der Waals surface area contributed by atoms with Gasteiger partial charge >= 0.3 is 6.18 Å². The van der Waals surface area contributed by atoms with E-state index in [-0.39, 0.29) is 50.1 Å². The normalized spacial score (nSPS) is 16.2. The van der Waals surface area contributed by atoms with Crippen LogP contribution in [0.3, 0.4) is 0 Å². The number of alkyl halides is 3. The van der Waals surface area contributed by atoms with Gasteiger partial charge in [0.1, 0.15) is 5.75 Å². The number of benzene rings is 2. The summed E-state index contributed by atoms with van der Waals surface area (Å²) in [5.74, 6) is -0.0863. The molecular formula is C27H31ClF3N3O4S. The molecule has 1 aliphatic rings. The molecule has 1 aliphatic heterocycles. The quantitative estimate of drug-likeness (QED) is 0.262. The van der Waals surface area contributed by atoms with Gasteiger partial charge in [0.25, 0.3) is 5.56 Å². The van der Waals surface area contributed by atoms with Crippen LogP contribution >= 0.6 is 23.4 Å². The van der Waals surface area contributed by atoms with E-state index in [0.29, 0.717) is 13.0 Å². The molecule has 0 aliphatic carbocycles. The smallest absolute Gasteiger partial charge is 0.416 e. The minimum Gasteiger partial charge on any atom is -0.507 e. The average Bonchev–Trinajstić information content (AvgIpc) is 2.89. The highest BCUT2D eigenvalue weighted by atomic mass is 35.5. The van der Waals surface area contributed by atoms with Gasteiger partial charge in [-0.25, -0.2) is 0 Å². The molecule has 0 saturated carbocycles. The van der Waals surface area contributed by atoms with Crippen LogP contribution in [-0.4, -0.2) is 87.8 Å². The molecule has 212 valence electrons. The number of halogens is 4. The number of aromatic hydroxyl groups is 1. The number of hydrogen-bond donors (Lipinski definition) is 4. The highest BCUT2D eigenvalue weighted by Crippen LogP contribution is 2.42. The maximum absolute atomic E-state index is 13.5. The highest BCUT2D eigenvalue weighted by Gasteiger charge is 2.31. The lowest BCUT2D eigenvalue weighted by Crippen LogP contribution is -2.47. The third-order valence-corrected chi connectivity index (χ3v) is 8.30. The van der Waals surface area contributed by atoms with Gasteiger partial charge in [0, 0.05) is 65.5 Å². The van der Waals surface area contributed by atoms with Gasteiger partial charge in [0.15, 0.2) is 0 Å². The Morgan fingerprint density at radius 2 is 1.74 bits per heavy atom. The number of rotatable bonds is 10. The molecule has 0 amide bonds. The Bertz CT molecular complexity index is 1350. The summed E-state index contributed by atoms with van der Waals surface area (Å²) in [6.07, 6.45) is -4.12. The molecule has 3 aromatic rings. The van der Waals surface area contributed by atoms with Gasteiger partial charge in [-0.2, -0.15) is 13.2 Å². The van der Waals surface area contributed by atoms with Gasteiger partial charge in [-0.15, -0.1) is 11.8 Å². The minimum atomic E-state index is -4.60. The van der Waals surface area contributed by atoms with Crippen LogP contribution in [0.4, 0.5) is 13.2 Å². The number of aliphatic hydroxyl groups is 2. The molecule has 4 N–H and O–H groups in total. The number of β-amino-alcohol motifs (C(OH)–C–C–N with tert-alkyl or cyclic N) is 1. The molecule has 4 rings (SSSR count). The number of aliphatic hydroxyl groups excluding tert-OH is 2. The van der Waals surface area contributed by atoms with Gasteiger partial charge in [0.05, 0.1) is 23.2 Å². The summed E-state index contributed by atoms with van der Waals surface area (Å²) in [5, 5.41) is 30.7. The molecule has 12 heteroatoms. The lowest BCUT2D eigenvalue weighted by molar-refractivity contribution is -0.137. The lowest BCUT2D eigenvalue weighted by Gasteiger charge is -2.34. The molecule has 39 heavy (non-hydrogen) atoms. The first-order valence-corrected chi connectivity index (χ1v) is 14.1. The van der Waals surface area contributed by atoms with E-state index < -0.39 is 23.4 Å². The zero-order valence-corrected chi connectivity index (χ0v) is 22.7. The van der Waals surface area contributed by atoms with Gasteiger partial charge < -0.3 is 25.2 Å². The van der Waals surface area contributed by atoms with Crippen molar-refractivity contribution in [2.75, 3.05) is 51.6 Å². The Hall–Kier alpha value is -2.28. The van der Waals surface area contributed by atoms with Crippen LogP contribution in [0, 0.1) is 0 Å². The van der Waals surface area contributed by atoms with Crippen molar-refractivity contribution in [2.45, 2.75) is 30.0 Å². The molecule has 0 spiro atoms. The highest BCUT2D eigenvalue weighted by molar-refractivity contribution is 7.99. The SMILES string of the molecule is O=c1[nH]c2ccc(C(F)(F)F)cc2c(-c2cc(Cl)ccc2O)c1SCC(O)CCCN1CCN(CCO)CC1. The molecule has 1 aromatic heterocycles. The third kappa shape index (κ3) is 7.47. The van der Waals surface area contributed by atoms with Crippen molar-refractivity contribution >= 4 is 34.3 Å². The molecule has 2 heterocycles. The van der Waals surface area contributed by atoms with Crippen molar-refractivity contribution in [3.63, 3.8) is 0 Å². The lowest BCUT2D eigenvalue weighted by atomic mass is 9.98. The second kappa shape index (κ2) is 12.9. The van der Waals surface area contributed by atoms with Crippen LogP contribution in [-0.2, 0) is 6.18 Å². The fourth-order valence-electron chi connectivity index (χ4n) is 4.76. The molecule has 1 atom stereocenters. The van der Waals surface area contributed by atoms with Crippen molar-refractivity contribution in [1.29, 1.82) is 0 Å². The number of aromatic amines is 1. The van der Waals surface area contributed by atoms with Gasteiger partial charge in [-0.05, 0) is 55.8 Å². The number of phenols is 1. The Morgan fingerprint density at radius 1 is 1.05 bits per heavy atom. The zero-order valence-electron chi connectivity index (χ0n) is 21.2. The van der Waals surface area contributed by atoms with E-state index in [1.807, 2.05) is 0 Å². The van der Waals surface area contributed by atoms with Crippen molar-refractivity contribution in [3.05, 3.63) is 57.3 Å². The van der Waals surface area contributed by atoms with Crippen molar-refractivity contribution in [3.8, 4) is 16.9 Å². The van der Waals surface area contributed by atoms with E-state index >= 15 is 0 Å². The Morgan fingerprint density at radius 3 is 2.41 bits per heavy atom. The number of H-pyrrole nitrogens is 1. The van der Waals surface area contributed by atoms with E-state index in [2.05, 4.69) is 14.8 Å². The molecule has 7 nitrogen and oxygen atoms in total. The van der Waals surface area contributed by atoms with Crippen LogP contribution in [0.25, 0.3) is 22.0 Å². The van der Waals surface area contributed by atoms with E-state index in [1.54, 1.807) is 0 Å². The summed E-state index contributed by atoms with van der Waals surface area (Å²) in [4.78, 5) is 20.3. The Balaban J connectivity index is 1.54. The summed E-state index contributed by atoms with van der Waals surface area (Å²) in [7, 11) is 0. The largest absolute Gasteiger partial charge is 0.507 e. The first-order chi connectivity index (χ1) is 18.6. The number of nitrogens with zero attached hydrogens (tertiary/aromatic N) is 2. The van der Waals surface area contributed by atoms with Crippen LogP contribution in [0.15, 0.2) is 46.1 Å². The standard InChI is InChI=1S/C27H31ClF3N3O4S/c28-18-4-6-23(37)21(15-18)24-20-14-17(27(29,30)31)3-5-22(20)32-26(38)25(24)39-16-19(36)2-1-7-33-8-10-34(11-9-33)12-13-35/h3-6,14-15,19,35-37H,1-2,7-13,16H2,(H,32,38). The molecule has 1 saturated heterocycles. The minimum absolute atomic E-state index is 0.0958. The number of aromatic nitrogens is 1. The van der Waals surface area contributed by atoms with Gasteiger partial charge in [-0.3, -0.25) is 9.69 Å². The predicted molar refractivity (Wildman–Crippen MR) is 148 cm³/mol. The van der Waals surface area contributed by atoms with Crippen molar-refractivity contribution in [2.24, 2.45) is 0 Å². The van der Waals surface area contributed by atoms with Gasteiger partial charge in [0.2, 0.25) is 0 Å². The first-order valence-electron chi connectivity index (χ1n) is 12.7. The molecule has 0 bridgehead atoms. The summed E-state index contributed by atoms with van der Waals surface area (Å²) >= 11 is 7.18. The van der Waals surface area contributed by atoms with Crippen LogP contribution in [0.1, 0.15) is 18.4 Å². The number of hydrogen-bond acceptors (Lipinski definition) is 7. The topological polar surface area (TPSA) is 100 Å². The number of piperazine rings is 1. The maximum atomic E-state index is 13.5. The number of thioether (sulfide) groups is 1. The summed E-state index contributed by atoms with van der Waals surface area (Å²) < 4.78 is 40.6. The monoisotopic (exact) mass is 585 g/mol. The zero-order chi connectivity index (χ0) is 28.2. The molecule has 1 fully saturated rings. The second-order valence-corrected chi connectivity index (χ2v) is 11.1. The summed E-state index contributed by atoms with van der Waals surface area (Å²) in [6.45, 7) is 5.19. The molecule has 1 unspecified atom stereocenters. The summed E-state index contributed by atoms with van der Waals surface area (Å²) in [6, 6.07) is 7.21. The van der Waals surface area contributed by atoms with E-state index in [1.165, 1.54) is 24.3 Å². The number of nitrogens with one attached hydrogen (secondary N) is 1. The van der Waals surface area contributed by atoms with E-state index in [4.69, 9.17) is 16.7 Å². The Kier molecular flexibility index (Phi) is 9.84. The van der Waals surface area contributed by atoms with Crippen LogP contribution < -0.4 is 5.56 Å². The first kappa shape index (κ1) is 29.7.